The van der Waals surface area contributed by atoms with E-state index in [2.05, 4.69) is 13.0 Å². The van der Waals surface area contributed by atoms with Crippen molar-refractivity contribution >= 4 is 11.6 Å². The molecule has 1 aromatic carbocycles. The normalized spacial score (nSPS) is 27.6. The van der Waals surface area contributed by atoms with Crippen LogP contribution >= 0.6 is 0 Å². The third-order valence-corrected chi connectivity index (χ3v) is 5.12. The zero-order chi connectivity index (χ0) is 14.3. The second-order valence-electron chi connectivity index (χ2n) is 6.36. The van der Waals surface area contributed by atoms with Gasteiger partial charge >= 0.3 is 0 Å². The molecule has 3 unspecified atom stereocenters. The van der Waals surface area contributed by atoms with E-state index in [-0.39, 0.29) is 12.0 Å². The quantitative estimate of drug-likeness (QED) is 0.899. The number of aliphatic hydroxyl groups excluding tert-OH is 1. The predicted octanol–water partition coefficient (Wildman–Crippen LogP) is 3.07. The lowest BCUT2D eigenvalue weighted by atomic mass is 9.86. The molecule has 20 heavy (non-hydrogen) atoms. The number of carbonyl (C=O) groups excluding carboxylic acids is 1. The first kappa shape index (κ1) is 13.6. The van der Waals surface area contributed by atoms with Crippen molar-refractivity contribution in [1.29, 1.82) is 0 Å². The first-order valence-corrected chi connectivity index (χ1v) is 7.65. The van der Waals surface area contributed by atoms with Gasteiger partial charge in [-0.05, 0) is 41.9 Å². The first-order valence-electron chi connectivity index (χ1n) is 7.65. The monoisotopic (exact) mass is 273 g/mol. The number of nitrogens with zero attached hydrogens (tertiary/aromatic N) is 1. The average Bonchev–Trinajstić information content (AvgIpc) is 2.88. The van der Waals surface area contributed by atoms with Crippen LogP contribution in [0.2, 0.25) is 0 Å². The Balaban J connectivity index is 1.87. The molecule has 1 fully saturated rings. The van der Waals surface area contributed by atoms with E-state index < -0.39 is 0 Å². The fourth-order valence-electron chi connectivity index (χ4n) is 3.75. The molecule has 1 aliphatic heterocycles. The molecule has 1 aliphatic carbocycles. The van der Waals surface area contributed by atoms with Gasteiger partial charge in [-0.15, -0.1) is 0 Å². The summed E-state index contributed by atoms with van der Waals surface area (Å²) >= 11 is 0. The molecule has 2 aliphatic rings. The molecule has 1 saturated carbocycles. The molecule has 0 spiro atoms. The van der Waals surface area contributed by atoms with Gasteiger partial charge in [0.15, 0.2) is 0 Å². The van der Waals surface area contributed by atoms with E-state index in [1.54, 1.807) is 4.90 Å². The Hall–Kier alpha value is -1.35. The summed E-state index contributed by atoms with van der Waals surface area (Å²) in [5, 5.41) is 10.6. The van der Waals surface area contributed by atoms with E-state index in [0.717, 1.165) is 24.1 Å². The van der Waals surface area contributed by atoms with Crippen LogP contribution in [0.3, 0.4) is 0 Å². The molecule has 0 radical (unpaired) electrons. The largest absolute Gasteiger partial charge is 0.388 e. The lowest BCUT2D eigenvalue weighted by Crippen LogP contribution is -2.31. The van der Waals surface area contributed by atoms with Crippen LogP contribution in [0.25, 0.3) is 0 Å². The Bertz CT molecular complexity index is 526. The maximum Gasteiger partial charge on any atom is 0.227 e. The van der Waals surface area contributed by atoms with E-state index in [1.165, 1.54) is 18.4 Å². The van der Waals surface area contributed by atoms with Crippen molar-refractivity contribution in [2.45, 2.75) is 45.1 Å². The van der Waals surface area contributed by atoms with Gasteiger partial charge < -0.3 is 10.0 Å². The molecule has 0 saturated heterocycles. The van der Waals surface area contributed by atoms with Crippen LogP contribution in [0.4, 0.5) is 5.69 Å². The molecule has 0 aromatic heterocycles. The van der Waals surface area contributed by atoms with Crippen LogP contribution in [0.15, 0.2) is 18.2 Å². The Morgan fingerprint density at radius 2 is 2.10 bits per heavy atom. The highest BCUT2D eigenvalue weighted by atomic mass is 16.3. The number of hydrogen-bond donors (Lipinski definition) is 1. The van der Waals surface area contributed by atoms with Gasteiger partial charge in [0.1, 0.15) is 0 Å². The van der Waals surface area contributed by atoms with E-state index in [1.807, 2.05) is 19.2 Å². The minimum absolute atomic E-state index is 0.176. The van der Waals surface area contributed by atoms with Gasteiger partial charge in [0.25, 0.3) is 0 Å². The molecule has 108 valence electrons. The highest BCUT2D eigenvalue weighted by Gasteiger charge is 2.31. The maximum absolute atomic E-state index is 11.7. The van der Waals surface area contributed by atoms with Gasteiger partial charge in [0.05, 0.1) is 6.10 Å². The highest BCUT2D eigenvalue weighted by Crippen LogP contribution is 2.41. The van der Waals surface area contributed by atoms with Gasteiger partial charge in [-0.25, -0.2) is 0 Å². The Labute approximate surface area is 120 Å². The summed E-state index contributed by atoms with van der Waals surface area (Å²) < 4.78 is 0. The molecule has 1 aromatic rings. The Morgan fingerprint density at radius 3 is 2.80 bits per heavy atom. The number of hydrogen-bond acceptors (Lipinski definition) is 2. The number of fused-ring (bicyclic) bond motifs is 1. The van der Waals surface area contributed by atoms with Gasteiger partial charge in [-0.1, -0.05) is 31.9 Å². The molecular weight excluding hydrogens is 250 g/mol. The third-order valence-electron chi connectivity index (χ3n) is 5.12. The Morgan fingerprint density at radius 1 is 1.30 bits per heavy atom. The van der Waals surface area contributed by atoms with Crippen molar-refractivity contribution in [3.8, 4) is 0 Å². The minimum atomic E-state index is -0.360. The SMILES string of the molecule is CC1CCCC1C(O)c1ccc2c(c1)CCC(=O)N2C. The molecule has 3 heteroatoms. The highest BCUT2D eigenvalue weighted by molar-refractivity contribution is 5.95. The van der Waals surface area contributed by atoms with Crippen molar-refractivity contribution < 1.29 is 9.90 Å². The standard InChI is InChI=1S/C17H23NO2/c1-11-4-3-5-14(11)17(20)13-6-8-15-12(10-13)7-9-16(19)18(15)2/h6,8,10-11,14,17,20H,3-5,7,9H2,1-2H3. The molecule has 3 rings (SSSR count). The van der Waals surface area contributed by atoms with Crippen molar-refractivity contribution in [2.75, 3.05) is 11.9 Å². The number of amides is 1. The van der Waals surface area contributed by atoms with Crippen molar-refractivity contribution in [3.05, 3.63) is 29.3 Å². The summed E-state index contributed by atoms with van der Waals surface area (Å²) in [6, 6.07) is 6.09. The molecule has 1 N–H and O–H groups in total. The van der Waals surface area contributed by atoms with Crippen LogP contribution in [-0.4, -0.2) is 18.1 Å². The molecular formula is C17H23NO2. The number of carbonyl (C=O) groups is 1. The number of benzene rings is 1. The molecule has 3 nitrogen and oxygen atoms in total. The molecule has 1 amide bonds. The number of rotatable bonds is 2. The van der Waals surface area contributed by atoms with E-state index in [9.17, 15) is 9.90 Å². The smallest absolute Gasteiger partial charge is 0.227 e. The lowest BCUT2D eigenvalue weighted by Gasteiger charge is -2.28. The summed E-state index contributed by atoms with van der Waals surface area (Å²) in [5.41, 5.74) is 3.20. The third kappa shape index (κ3) is 2.24. The first-order chi connectivity index (χ1) is 9.58. The zero-order valence-corrected chi connectivity index (χ0v) is 12.3. The van der Waals surface area contributed by atoms with Gasteiger partial charge in [0, 0.05) is 19.2 Å². The van der Waals surface area contributed by atoms with E-state index >= 15 is 0 Å². The number of anilines is 1. The van der Waals surface area contributed by atoms with Crippen LogP contribution < -0.4 is 4.90 Å². The van der Waals surface area contributed by atoms with Gasteiger partial charge in [0.2, 0.25) is 5.91 Å². The molecule has 1 heterocycles. The number of aryl methyl sites for hydroxylation is 1. The van der Waals surface area contributed by atoms with E-state index in [0.29, 0.717) is 18.3 Å². The predicted molar refractivity (Wildman–Crippen MR) is 79.6 cm³/mol. The van der Waals surface area contributed by atoms with Crippen molar-refractivity contribution in [3.63, 3.8) is 0 Å². The average molecular weight is 273 g/mol. The fourth-order valence-corrected chi connectivity index (χ4v) is 3.75. The van der Waals surface area contributed by atoms with Crippen molar-refractivity contribution in [1.82, 2.24) is 0 Å². The lowest BCUT2D eigenvalue weighted by molar-refractivity contribution is -0.118. The fraction of sp³-hybridized carbons (Fsp3) is 0.588. The van der Waals surface area contributed by atoms with Gasteiger partial charge in [-0.3, -0.25) is 4.79 Å². The summed E-state index contributed by atoms with van der Waals surface area (Å²) in [7, 11) is 1.83. The van der Waals surface area contributed by atoms with Crippen LogP contribution in [-0.2, 0) is 11.2 Å². The second-order valence-corrected chi connectivity index (χ2v) is 6.36. The topological polar surface area (TPSA) is 40.5 Å². The summed E-state index contributed by atoms with van der Waals surface area (Å²) in [6.45, 7) is 2.24. The van der Waals surface area contributed by atoms with E-state index in [4.69, 9.17) is 0 Å². The number of aliphatic hydroxyl groups is 1. The van der Waals surface area contributed by atoms with Crippen LogP contribution in [0.5, 0.6) is 0 Å². The van der Waals surface area contributed by atoms with Crippen LogP contribution in [0, 0.1) is 11.8 Å². The Kier molecular flexibility index (Phi) is 3.55. The second kappa shape index (κ2) is 5.21. The summed E-state index contributed by atoms with van der Waals surface area (Å²) in [4.78, 5) is 13.4. The van der Waals surface area contributed by atoms with Crippen molar-refractivity contribution in [2.24, 2.45) is 11.8 Å². The van der Waals surface area contributed by atoms with Gasteiger partial charge in [-0.2, -0.15) is 0 Å². The molecule has 0 bridgehead atoms. The maximum atomic E-state index is 11.7. The molecule has 3 atom stereocenters. The summed E-state index contributed by atoms with van der Waals surface area (Å²) in [6.07, 6.45) is 4.58. The van der Waals surface area contributed by atoms with Crippen LogP contribution in [0.1, 0.15) is 49.8 Å². The summed E-state index contributed by atoms with van der Waals surface area (Å²) in [5.74, 6) is 1.16. The zero-order valence-electron chi connectivity index (χ0n) is 12.3. The minimum Gasteiger partial charge on any atom is -0.388 e.